The van der Waals surface area contributed by atoms with Gasteiger partial charge in [0, 0.05) is 38.0 Å². The van der Waals surface area contributed by atoms with Gasteiger partial charge in [0.2, 0.25) is 5.85 Å². The van der Waals surface area contributed by atoms with Gasteiger partial charge in [-0.1, -0.05) is 29.8 Å². The lowest BCUT2D eigenvalue weighted by molar-refractivity contribution is -0.253. The number of esters is 1. The molecule has 0 spiro atoms. The first kappa shape index (κ1) is 36.0. The summed E-state index contributed by atoms with van der Waals surface area (Å²) in [6, 6.07) is 9.54. The summed E-state index contributed by atoms with van der Waals surface area (Å²) < 4.78 is 58.7. The zero-order valence-electron chi connectivity index (χ0n) is 28.6. The zero-order valence-corrected chi connectivity index (χ0v) is 30.1. The first-order valence-electron chi connectivity index (χ1n) is 17.8. The summed E-state index contributed by atoms with van der Waals surface area (Å²) in [5.41, 5.74) is 0.910. The fourth-order valence-corrected chi connectivity index (χ4v) is 10.9. The molecule has 14 heteroatoms. The molecular weight excluding hydrogens is 701 g/mol. The number of furan rings is 1. The number of carbonyl (C=O) groups is 3. The molecule has 3 aliphatic heterocycles. The van der Waals surface area contributed by atoms with Crippen LogP contribution in [0, 0.1) is 23.6 Å². The number of benzene rings is 2. The van der Waals surface area contributed by atoms with E-state index >= 15 is 4.39 Å². The minimum atomic E-state index is -3.17. The Hall–Kier alpha value is -3.36. The van der Waals surface area contributed by atoms with Crippen LogP contribution in [-0.2, 0) is 35.3 Å². The molecule has 3 atom stereocenters. The van der Waals surface area contributed by atoms with Crippen LogP contribution in [0.5, 0.6) is 0 Å². The van der Waals surface area contributed by atoms with Crippen molar-refractivity contribution in [2.24, 2.45) is 17.8 Å². The smallest absolute Gasteiger partial charge is 0.308 e. The minimum absolute atomic E-state index is 0.0506. The van der Waals surface area contributed by atoms with Crippen LogP contribution in [0.2, 0.25) is 5.02 Å². The van der Waals surface area contributed by atoms with Gasteiger partial charge in [-0.3, -0.25) is 24.2 Å². The van der Waals surface area contributed by atoms with E-state index in [1.807, 2.05) is 9.80 Å². The number of halogens is 2. The van der Waals surface area contributed by atoms with Gasteiger partial charge in [0.15, 0.2) is 15.6 Å². The highest BCUT2D eigenvalue weighted by Crippen LogP contribution is 2.42. The van der Waals surface area contributed by atoms with Crippen molar-refractivity contribution in [3.8, 4) is 0 Å². The second kappa shape index (κ2) is 14.6. The monoisotopic (exact) mass is 743 g/mol. The number of hydrogen-bond donors (Lipinski definition) is 1. The van der Waals surface area contributed by atoms with Crippen LogP contribution in [0.15, 0.2) is 47.1 Å². The van der Waals surface area contributed by atoms with Crippen molar-refractivity contribution < 1.29 is 41.1 Å². The Bertz CT molecular complexity index is 1900. The Morgan fingerprint density at radius 1 is 1.02 bits per heavy atom. The predicted octanol–water partition coefficient (Wildman–Crippen LogP) is 5.45. The SMILES string of the molecule is CCOC(=O)C1CCC(OC(C(=O)Cc2cc(Cl)c(NC(=O)c3coc4ccccc34)cc2F)(N2CCCC2)N2C[C@@H]3CS(=O)(=O)C[C@@H]3C2)CC1. The summed E-state index contributed by atoms with van der Waals surface area (Å²) in [7, 11) is -3.17. The topological polar surface area (TPSA) is 135 Å². The average Bonchev–Trinajstić information content (AvgIpc) is 3.90. The summed E-state index contributed by atoms with van der Waals surface area (Å²) in [4.78, 5) is 44.6. The Balaban J connectivity index is 1.16. The number of hydrogen-bond acceptors (Lipinski definition) is 10. The highest BCUT2D eigenvalue weighted by Gasteiger charge is 2.57. The third-order valence-electron chi connectivity index (χ3n) is 10.9. The average molecular weight is 744 g/mol. The van der Waals surface area contributed by atoms with Crippen molar-refractivity contribution >= 4 is 55.8 Å². The van der Waals surface area contributed by atoms with E-state index in [0.717, 1.165) is 18.9 Å². The van der Waals surface area contributed by atoms with E-state index in [1.165, 1.54) is 12.3 Å². The molecule has 3 saturated heterocycles. The number of fused-ring (bicyclic) bond motifs is 2. The molecule has 274 valence electrons. The molecule has 1 unspecified atom stereocenters. The second-order valence-corrected chi connectivity index (χ2v) is 16.8. The quantitative estimate of drug-likeness (QED) is 0.253. The standard InChI is InChI=1S/C37H43ClFN3O8S/c1-2-48-36(45)23-9-11-27(12-10-23)50-37(41-13-5-6-14-41,42-18-25-21-51(46,47)22-26(25)19-42)34(43)16-24-15-30(38)32(17-31(24)39)40-35(44)29-20-49-33-8-4-3-7-28(29)33/h3-4,7-8,15,17,20,23,25-27H,2,5-6,9-14,16,18-19,21-22H2,1H3,(H,40,44)/t23?,25-,26+,27?,37?. The fourth-order valence-electron chi connectivity index (χ4n) is 8.43. The van der Waals surface area contributed by atoms with Gasteiger partial charge < -0.3 is 19.2 Å². The maximum atomic E-state index is 15.9. The van der Waals surface area contributed by atoms with Gasteiger partial charge >= 0.3 is 5.97 Å². The molecule has 1 N–H and O–H groups in total. The van der Waals surface area contributed by atoms with Gasteiger partial charge in [0.1, 0.15) is 17.7 Å². The summed E-state index contributed by atoms with van der Waals surface area (Å²) in [6.07, 6.45) is 4.55. The third kappa shape index (κ3) is 7.20. The molecule has 0 bridgehead atoms. The van der Waals surface area contributed by atoms with Gasteiger partial charge in [-0.05, 0) is 81.0 Å². The number of ketones is 1. The van der Waals surface area contributed by atoms with Crippen LogP contribution in [-0.4, -0.2) is 92.1 Å². The van der Waals surface area contributed by atoms with E-state index in [9.17, 15) is 22.8 Å². The molecule has 11 nitrogen and oxygen atoms in total. The number of Topliss-reactive ketones (excluding diaryl/α,β-unsaturated/α-hetero) is 1. The Morgan fingerprint density at radius 2 is 1.71 bits per heavy atom. The van der Waals surface area contributed by atoms with E-state index in [4.69, 9.17) is 25.5 Å². The largest absolute Gasteiger partial charge is 0.466 e. The Labute approximate surface area is 301 Å². The van der Waals surface area contributed by atoms with Crippen LogP contribution in [0.3, 0.4) is 0 Å². The molecule has 4 heterocycles. The molecule has 1 aliphatic carbocycles. The molecule has 51 heavy (non-hydrogen) atoms. The van der Waals surface area contributed by atoms with Crippen molar-refractivity contribution in [2.45, 2.75) is 63.8 Å². The molecule has 0 radical (unpaired) electrons. The van der Waals surface area contributed by atoms with Gasteiger partial charge in [-0.15, -0.1) is 0 Å². The lowest BCUT2D eigenvalue weighted by atomic mass is 9.87. The summed E-state index contributed by atoms with van der Waals surface area (Å²) >= 11 is 6.62. The van der Waals surface area contributed by atoms with Crippen LogP contribution in [0.1, 0.15) is 61.4 Å². The molecule has 4 fully saturated rings. The molecule has 3 aromatic rings. The van der Waals surface area contributed by atoms with Crippen molar-refractivity contribution in [1.82, 2.24) is 9.80 Å². The van der Waals surface area contributed by atoms with Gasteiger partial charge in [-0.2, -0.15) is 0 Å². The van der Waals surface area contributed by atoms with E-state index in [-0.39, 0.29) is 75.4 Å². The van der Waals surface area contributed by atoms with Crippen molar-refractivity contribution in [3.05, 3.63) is 64.6 Å². The summed E-state index contributed by atoms with van der Waals surface area (Å²) in [5.74, 6) is -3.75. The van der Waals surface area contributed by atoms with Gasteiger partial charge in [0.25, 0.3) is 5.91 Å². The molecule has 1 amide bonds. The van der Waals surface area contributed by atoms with Crippen LogP contribution < -0.4 is 5.32 Å². The number of ether oxygens (including phenoxy) is 2. The highest BCUT2D eigenvalue weighted by atomic mass is 35.5. The summed E-state index contributed by atoms with van der Waals surface area (Å²) in [6.45, 7) is 3.99. The normalized spacial score (nSPS) is 26.2. The molecule has 1 saturated carbocycles. The molecule has 7 rings (SSSR count). The number of carbonyl (C=O) groups excluding carboxylic acids is 3. The van der Waals surface area contributed by atoms with Gasteiger partial charge in [0.05, 0.1) is 46.4 Å². The number of amides is 1. The summed E-state index contributed by atoms with van der Waals surface area (Å²) in [5, 5.41) is 3.33. The van der Waals surface area contributed by atoms with E-state index in [2.05, 4.69) is 5.32 Å². The fraction of sp³-hybridized carbons (Fsp3) is 0.541. The number of likely N-dealkylation sites (tertiary alicyclic amines) is 2. The number of nitrogens with zero attached hydrogens (tertiary/aromatic N) is 2. The first-order chi connectivity index (χ1) is 24.5. The highest BCUT2D eigenvalue weighted by molar-refractivity contribution is 7.91. The Morgan fingerprint density at radius 3 is 2.39 bits per heavy atom. The van der Waals surface area contributed by atoms with Crippen LogP contribution in [0.4, 0.5) is 10.1 Å². The first-order valence-corrected chi connectivity index (χ1v) is 20.0. The van der Waals surface area contributed by atoms with Gasteiger partial charge in [-0.25, -0.2) is 12.8 Å². The lowest BCUT2D eigenvalue weighted by Crippen LogP contribution is -2.67. The van der Waals surface area contributed by atoms with E-state index in [1.54, 1.807) is 31.2 Å². The lowest BCUT2D eigenvalue weighted by Gasteiger charge is -2.49. The van der Waals surface area contributed by atoms with Crippen molar-refractivity contribution in [3.63, 3.8) is 0 Å². The number of rotatable bonds is 11. The molecule has 2 aromatic carbocycles. The number of para-hydroxylation sites is 1. The number of anilines is 1. The number of nitrogens with one attached hydrogen (secondary N) is 1. The molecule has 1 aromatic heterocycles. The predicted molar refractivity (Wildman–Crippen MR) is 188 cm³/mol. The van der Waals surface area contributed by atoms with Crippen molar-refractivity contribution in [2.75, 3.05) is 49.6 Å². The number of sulfone groups is 1. The van der Waals surface area contributed by atoms with E-state index < -0.39 is 27.4 Å². The van der Waals surface area contributed by atoms with Crippen LogP contribution >= 0.6 is 11.6 Å². The maximum absolute atomic E-state index is 15.9. The van der Waals surface area contributed by atoms with E-state index in [0.29, 0.717) is 69.4 Å². The Kier molecular flexibility index (Phi) is 10.3. The van der Waals surface area contributed by atoms with Crippen molar-refractivity contribution in [1.29, 1.82) is 0 Å². The minimum Gasteiger partial charge on any atom is -0.466 e. The maximum Gasteiger partial charge on any atom is 0.308 e. The second-order valence-electron chi connectivity index (χ2n) is 14.3. The van der Waals surface area contributed by atoms with Crippen LogP contribution in [0.25, 0.3) is 11.0 Å². The zero-order chi connectivity index (χ0) is 35.9. The molecular formula is C37H43ClFN3O8S. The third-order valence-corrected chi connectivity index (χ3v) is 13.1. The molecule has 4 aliphatic rings.